The molecule has 3 aliphatic carbocycles. The quantitative estimate of drug-likeness (QED) is 0.0928. The van der Waals surface area contributed by atoms with Gasteiger partial charge in [-0.2, -0.15) is 0 Å². The largest absolute Gasteiger partial charge is 0.289 e. The fourth-order valence-corrected chi connectivity index (χ4v) is 21.2. The van der Waals surface area contributed by atoms with Gasteiger partial charge in [0, 0.05) is 83.5 Å². The highest BCUT2D eigenvalue weighted by Gasteiger charge is 2.50. The number of benzene rings is 19. The van der Waals surface area contributed by atoms with Crippen LogP contribution in [0.5, 0.6) is 0 Å². The van der Waals surface area contributed by atoms with E-state index in [0.29, 0.717) is 28.6 Å². The van der Waals surface area contributed by atoms with Crippen molar-refractivity contribution in [2.75, 3.05) is 0 Å². The highest BCUT2D eigenvalue weighted by atomic mass is 16.1. The maximum atomic E-state index is 14.0. The van der Waals surface area contributed by atoms with Gasteiger partial charge in [0.2, 0.25) is 0 Å². The van der Waals surface area contributed by atoms with E-state index in [1.165, 1.54) is 0 Å². The molecule has 141 heavy (non-hydrogen) atoms. The molecule has 25 rings (SSSR count). The van der Waals surface area contributed by atoms with E-state index in [2.05, 4.69) is 291 Å². The third kappa shape index (κ3) is 15.7. The number of carbonyl (C=O) groups is 3. The highest BCUT2D eigenvalue weighted by Crippen LogP contribution is 2.56. The minimum absolute atomic E-state index is 0.0407. The zero-order valence-electron chi connectivity index (χ0n) is 76.7. The molecule has 19 aromatic carbocycles. The van der Waals surface area contributed by atoms with Crippen LogP contribution in [0.25, 0.3) is 113 Å². The molecule has 3 aromatic heterocycles. The Morgan fingerprint density at radius 1 is 0.128 bits per heavy atom. The molecule has 0 saturated carbocycles. The van der Waals surface area contributed by atoms with Gasteiger partial charge in [0.05, 0.1) is 50.4 Å². The Kier molecular flexibility index (Phi) is 23.1. The lowest BCUT2D eigenvalue weighted by Crippen LogP contribution is -2.38. The van der Waals surface area contributed by atoms with Gasteiger partial charge in [-0.15, -0.1) is 0 Å². The van der Waals surface area contributed by atoms with E-state index in [4.69, 9.17) is 29.9 Å². The smallest absolute Gasteiger partial charge is 0.193 e. The van der Waals surface area contributed by atoms with Crippen molar-refractivity contribution in [2.45, 2.75) is 16.2 Å². The number of nitrogens with zero attached hydrogens (tertiary/aromatic N) is 6. The molecule has 22 aromatic rings. The van der Waals surface area contributed by atoms with Crippen molar-refractivity contribution < 1.29 is 14.4 Å². The fraction of sp³-hybridized carbons (Fsp3) is 0.0227. The monoisotopic (exact) mass is 1800 g/mol. The lowest BCUT2D eigenvalue weighted by molar-refractivity contribution is 0.102. The van der Waals surface area contributed by atoms with Gasteiger partial charge in [-0.3, -0.25) is 14.4 Å². The number of aromatic nitrogens is 6. The van der Waals surface area contributed by atoms with E-state index in [1.54, 1.807) is 0 Å². The number of rotatable bonds is 16. The van der Waals surface area contributed by atoms with Crippen LogP contribution in [0.3, 0.4) is 0 Å². The first-order valence-corrected chi connectivity index (χ1v) is 47.5. The molecule has 0 saturated heterocycles. The third-order valence-corrected chi connectivity index (χ3v) is 27.6. The molecule has 0 fully saturated rings. The summed E-state index contributed by atoms with van der Waals surface area (Å²) in [6.07, 6.45) is 0. The molecule has 0 aliphatic heterocycles. The second kappa shape index (κ2) is 37.6. The van der Waals surface area contributed by atoms with Crippen LogP contribution < -0.4 is 0 Å². The molecule has 9 heteroatoms. The Bertz CT molecular complexity index is 8080. The number of hydrogen-bond acceptors (Lipinski definition) is 9. The number of ketones is 3. The topological polar surface area (TPSA) is 129 Å². The normalized spacial score (nSPS) is 13.0. The molecule has 0 radical (unpaired) electrons. The van der Waals surface area contributed by atoms with E-state index in [0.717, 1.165) is 184 Å². The average molecular weight is 1810 g/mol. The van der Waals surface area contributed by atoms with Gasteiger partial charge in [0.15, 0.2) is 34.8 Å². The molecule has 0 amide bonds. The van der Waals surface area contributed by atoms with Gasteiger partial charge in [-0.1, -0.05) is 516 Å². The second-order valence-electron chi connectivity index (χ2n) is 35.5. The van der Waals surface area contributed by atoms with E-state index >= 15 is 0 Å². The minimum Gasteiger partial charge on any atom is -0.289 e. The van der Waals surface area contributed by atoms with Crippen LogP contribution in [-0.2, 0) is 16.2 Å². The summed E-state index contributed by atoms with van der Waals surface area (Å²) in [6.45, 7) is 0. The molecule has 3 aliphatic rings. The zero-order chi connectivity index (χ0) is 94.6. The molecule has 0 N–H and O–H groups in total. The Morgan fingerprint density at radius 2 is 0.291 bits per heavy atom. The lowest BCUT2D eigenvalue weighted by Gasteiger charge is -2.42. The van der Waals surface area contributed by atoms with Crippen molar-refractivity contribution in [3.05, 3.63) is 634 Å². The molecule has 0 bridgehead atoms. The van der Waals surface area contributed by atoms with E-state index in [-0.39, 0.29) is 17.3 Å². The maximum absolute atomic E-state index is 14.0. The third-order valence-electron chi connectivity index (χ3n) is 27.6. The number of hydrogen-bond donors (Lipinski definition) is 0. The van der Waals surface area contributed by atoms with Crippen molar-refractivity contribution in [3.63, 3.8) is 0 Å². The first-order valence-electron chi connectivity index (χ1n) is 47.5. The maximum Gasteiger partial charge on any atom is 0.193 e. The van der Waals surface area contributed by atoms with Crippen molar-refractivity contribution in [3.8, 4) is 113 Å². The summed E-state index contributed by atoms with van der Waals surface area (Å²) in [6, 6.07) is 182. The molecular weight excluding hydrogens is 1720 g/mol. The van der Waals surface area contributed by atoms with Crippen molar-refractivity contribution in [1.82, 2.24) is 29.9 Å². The van der Waals surface area contributed by atoms with Gasteiger partial charge < -0.3 is 0 Å². The van der Waals surface area contributed by atoms with Crippen LogP contribution in [0.4, 0.5) is 0 Å². The van der Waals surface area contributed by atoms with Gasteiger partial charge in [0.25, 0.3) is 0 Å². The molecule has 0 spiro atoms. The van der Waals surface area contributed by atoms with Crippen LogP contribution in [0.2, 0.25) is 0 Å². The molecule has 0 unspecified atom stereocenters. The standard InChI is InChI=1S/C48H32N2O.2C42H28N2O/c51-46-40-20-10-12-22-42(40)48(38-18-8-3-9-19-38,43-23-13-11-21-41(43)46)39-30-28-34(29-31-39)33-24-26-37(27-25-33)47-49-44(35-14-4-1-5-15-35)32-45(50-47)36-16-6-2-7-17-36;45-40-32-22-10-13-25-35(32)42(31-20-8-3-9-21-31,36-26-14-11-23-33(36)40)37-27-15-12-24-34(37)41-43-38(29-16-4-1-5-17-29)28-39(44-41)30-18-6-2-7-19-30;45-40-34-20-10-12-22-36(34)42(32-18-8-3-9-19-32,37-23-13-11-21-35(37)40)33-26-24-31(25-27-33)41-43-38(29-14-4-1-5-15-29)28-39(44-41)30-16-6-2-7-17-30/h1-32H;2*1-28H. The van der Waals surface area contributed by atoms with E-state index < -0.39 is 16.2 Å². The molecule has 9 nitrogen and oxygen atoms in total. The average Bonchev–Trinajstić information content (AvgIpc) is 0.717. The Hall–Kier alpha value is -18.6. The minimum atomic E-state index is -0.794. The Labute approximate surface area is 819 Å². The first kappa shape index (κ1) is 86.5. The second-order valence-corrected chi connectivity index (χ2v) is 35.5. The van der Waals surface area contributed by atoms with Crippen molar-refractivity contribution >= 4 is 17.3 Å². The molecule has 0 atom stereocenters. The van der Waals surface area contributed by atoms with Crippen LogP contribution in [0.1, 0.15) is 115 Å². The molecule has 664 valence electrons. The summed E-state index contributed by atoms with van der Waals surface area (Å²) in [5.74, 6) is 2.15. The summed E-state index contributed by atoms with van der Waals surface area (Å²) in [4.78, 5) is 72.1. The fourth-order valence-electron chi connectivity index (χ4n) is 21.2. The van der Waals surface area contributed by atoms with Gasteiger partial charge in [-0.05, 0) is 96.1 Å². The van der Waals surface area contributed by atoms with Crippen molar-refractivity contribution in [1.29, 1.82) is 0 Å². The predicted molar refractivity (Wildman–Crippen MR) is 566 cm³/mol. The van der Waals surface area contributed by atoms with Crippen molar-refractivity contribution in [2.24, 2.45) is 0 Å². The van der Waals surface area contributed by atoms with E-state index in [9.17, 15) is 14.4 Å². The van der Waals surface area contributed by atoms with Gasteiger partial charge in [-0.25, -0.2) is 29.9 Å². The summed E-state index contributed by atoms with van der Waals surface area (Å²) >= 11 is 0. The Balaban J connectivity index is 0.000000118. The van der Waals surface area contributed by atoms with Crippen LogP contribution >= 0.6 is 0 Å². The van der Waals surface area contributed by atoms with Gasteiger partial charge in [0.1, 0.15) is 0 Å². The zero-order valence-corrected chi connectivity index (χ0v) is 76.7. The summed E-state index contributed by atoms with van der Waals surface area (Å²) in [5.41, 5.74) is 31.1. The Morgan fingerprint density at radius 3 is 0.539 bits per heavy atom. The summed E-state index contributed by atoms with van der Waals surface area (Å²) in [7, 11) is 0. The predicted octanol–water partition coefficient (Wildman–Crippen LogP) is 29.9. The summed E-state index contributed by atoms with van der Waals surface area (Å²) < 4.78 is 0. The van der Waals surface area contributed by atoms with E-state index in [1.807, 2.05) is 243 Å². The summed E-state index contributed by atoms with van der Waals surface area (Å²) in [5, 5.41) is 0. The highest BCUT2D eigenvalue weighted by molar-refractivity contribution is 6.16. The lowest BCUT2D eigenvalue weighted by atomic mass is 9.58. The SMILES string of the molecule is O=C1c2ccccc2C(c2ccccc2)(c2ccc(-c3ccc(-c4nc(-c5ccccc5)cc(-c5ccccc5)n4)cc3)cc2)c2ccccc21.O=C1c2ccccc2C(c2ccccc2)(c2ccc(-c3nc(-c4ccccc4)cc(-c4ccccc4)n3)cc2)c2ccccc21.O=C1c2ccccc2C(c2ccccc2)(c2ccccc2-c2nc(-c3ccccc3)cc(-c3ccccc3)n2)c2ccccc21. The molecular formula is C132H88N6O3. The molecule has 3 heterocycles. The number of carbonyl (C=O) groups excluding carboxylic acids is 3. The van der Waals surface area contributed by atoms with Crippen LogP contribution in [-0.4, -0.2) is 47.3 Å². The first-order chi connectivity index (χ1) is 69.7. The van der Waals surface area contributed by atoms with Crippen LogP contribution in [0, 0.1) is 0 Å². The van der Waals surface area contributed by atoms with Crippen LogP contribution in [0.15, 0.2) is 534 Å². The van der Waals surface area contributed by atoms with Gasteiger partial charge >= 0.3 is 0 Å². The number of fused-ring (bicyclic) bond motifs is 6.